The maximum Gasteiger partial charge on any atom is 0.176 e. The van der Waals surface area contributed by atoms with Crippen molar-refractivity contribution >= 4 is 17.5 Å². The number of aryl methyl sites for hydroxylation is 2. The third kappa shape index (κ3) is 3.51. The minimum absolute atomic E-state index is 0.0158. The lowest BCUT2D eigenvalue weighted by Gasteiger charge is -2.15. The van der Waals surface area contributed by atoms with Crippen molar-refractivity contribution in [2.45, 2.75) is 37.3 Å². The van der Waals surface area contributed by atoms with Gasteiger partial charge < -0.3 is 0 Å². The Kier molecular flexibility index (Phi) is 5.02. The maximum atomic E-state index is 12.6. The van der Waals surface area contributed by atoms with Crippen LogP contribution in [-0.4, -0.2) is 11.0 Å². The molecule has 0 aliphatic heterocycles. The molecule has 0 heterocycles. The van der Waals surface area contributed by atoms with Gasteiger partial charge in [-0.05, 0) is 31.9 Å². The molecule has 0 saturated heterocycles. The molecule has 0 amide bonds. The SMILES string of the molecule is CCC(Sc1cc(C)ccc1C)C(=O)c1ccccc1. The molecule has 1 atom stereocenters. The normalized spacial score (nSPS) is 12.2. The number of rotatable bonds is 5. The molecule has 2 heteroatoms. The smallest absolute Gasteiger partial charge is 0.176 e. The van der Waals surface area contributed by atoms with Crippen LogP contribution in [0.25, 0.3) is 0 Å². The second kappa shape index (κ2) is 6.76. The van der Waals surface area contributed by atoms with Gasteiger partial charge in [0.2, 0.25) is 0 Å². The molecule has 0 saturated carbocycles. The van der Waals surface area contributed by atoms with Gasteiger partial charge >= 0.3 is 0 Å². The zero-order valence-electron chi connectivity index (χ0n) is 12.2. The lowest BCUT2D eigenvalue weighted by molar-refractivity contribution is 0.0988. The van der Waals surface area contributed by atoms with E-state index in [4.69, 9.17) is 0 Å². The summed E-state index contributed by atoms with van der Waals surface area (Å²) in [6, 6.07) is 16.0. The molecule has 2 aromatic rings. The maximum absolute atomic E-state index is 12.6. The molecule has 104 valence electrons. The molecule has 2 rings (SSSR count). The summed E-state index contributed by atoms with van der Waals surface area (Å²) in [7, 11) is 0. The first-order valence-electron chi connectivity index (χ1n) is 6.95. The van der Waals surface area contributed by atoms with Gasteiger partial charge in [0.1, 0.15) is 0 Å². The van der Waals surface area contributed by atoms with E-state index in [9.17, 15) is 4.79 Å². The average Bonchev–Trinajstić information content (AvgIpc) is 2.48. The van der Waals surface area contributed by atoms with Crippen LogP contribution in [0.2, 0.25) is 0 Å². The second-order valence-electron chi connectivity index (χ2n) is 5.01. The summed E-state index contributed by atoms with van der Waals surface area (Å²) in [4.78, 5) is 13.8. The second-order valence-corrected chi connectivity index (χ2v) is 6.26. The molecule has 2 aromatic carbocycles. The molecule has 0 fully saturated rings. The highest BCUT2D eigenvalue weighted by Crippen LogP contribution is 2.31. The first-order valence-corrected chi connectivity index (χ1v) is 7.83. The van der Waals surface area contributed by atoms with E-state index in [0.717, 1.165) is 12.0 Å². The fraction of sp³-hybridized carbons (Fsp3) is 0.278. The van der Waals surface area contributed by atoms with Gasteiger partial charge in [-0.1, -0.05) is 55.0 Å². The van der Waals surface area contributed by atoms with Crippen LogP contribution in [0.3, 0.4) is 0 Å². The fourth-order valence-electron chi connectivity index (χ4n) is 2.10. The van der Waals surface area contributed by atoms with Crippen LogP contribution in [0, 0.1) is 13.8 Å². The van der Waals surface area contributed by atoms with Crippen LogP contribution in [0.5, 0.6) is 0 Å². The van der Waals surface area contributed by atoms with E-state index in [2.05, 4.69) is 39.0 Å². The predicted octanol–water partition coefficient (Wildman–Crippen LogP) is 5.06. The number of hydrogen-bond acceptors (Lipinski definition) is 2. The zero-order valence-corrected chi connectivity index (χ0v) is 13.0. The van der Waals surface area contributed by atoms with Gasteiger partial charge in [0.25, 0.3) is 0 Å². The lowest BCUT2D eigenvalue weighted by atomic mass is 10.1. The zero-order chi connectivity index (χ0) is 14.5. The number of ketones is 1. The number of thioether (sulfide) groups is 1. The van der Waals surface area contributed by atoms with Crippen LogP contribution in [-0.2, 0) is 0 Å². The van der Waals surface area contributed by atoms with Crippen molar-refractivity contribution in [3.8, 4) is 0 Å². The number of carbonyl (C=O) groups is 1. The van der Waals surface area contributed by atoms with Crippen molar-refractivity contribution in [2.24, 2.45) is 0 Å². The monoisotopic (exact) mass is 284 g/mol. The third-order valence-electron chi connectivity index (χ3n) is 3.33. The summed E-state index contributed by atoms with van der Waals surface area (Å²) in [5.41, 5.74) is 3.28. The molecule has 1 nitrogen and oxygen atoms in total. The van der Waals surface area contributed by atoms with Crippen LogP contribution in [0.4, 0.5) is 0 Å². The van der Waals surface area contributed by atoms with Crippen molar-refractivity contribution in [1.29, 1.82) is 0 Å². The Morgan fingerprint density at radius 2 is 1.80 bits per heavy atom. The first-order chi connectivity index (χ1) is 9.61. The van der Waals surface area contributed by atoms with Crippen LogP contribution in [0.1, 0.15) is 34.8 Å². The van der Waals surface area contributed by atoms with Crippen LogP contribution >= 0.6 is 11.8 Å². The quantitative estimate of drug-likeness (QED) is 0.564. The molecule has 0 bridgehead atoms. The average molecular weight is 284 g/mol. The fourth-order valence-corrected chi connectivity index (χ4v) is 3.32. The molecular formula is C18H20OS. The topological polar surface area (TPSA) is 17.1 Å². The third-order valence-corrected chi connectivity index (χ3v) is 4.86. The van der Waals surface area contributed by atoms with Crippen molar-refractivity contribution in [3.63, 3.8) is 0 Å². The Bertz CT molecular complexity index is 590. The molecule has 0 spiro atoms. The summed E-state index contributed by atoms with van der Waals surface area (Å²) in [5, 5.41) is -0.0158. The summed E-state index contributed by atoms with van der Waals surface area (Å²) in [6.45, 7) is 6.26. The van der Waals surface area contributed by atoms with Crippen molar-refractivity contribution in [3.05, 3.63) is 65.2 Å². The number of hydrogen-bond donors (Lipinski definition) is 0. The summed E-state index contributed by atoms with van der Waals surface area (Å²) in [5.74, 6) is 0.221. The Morgan fingerprint density at radius 1 is 1.10 bits per heavy atom. The van der Waals surface area contributed by atoms with E-state index in [1.807, 2.05) is 30.3 Å². The van der Waals surface area contributed by atoms with Crippen molar-refractivity contribution in [1.82, 2.24) is 0 Å². The first kappa shape index (κ1) is 14.9. The Morgan fingerprint density at radius 3 is 2.45 bits per heavy atom. The Hall–Kier alpha value is -1.54. The van der Waals surface area contributed by atoms with Crippen molar-refractivity contribution < 1.29 is 4.79 Å². The minimum atomic E-state index is -0.0158. The molecule has 20 heavy (non-hydrogen) atoms. The van der Waals surface area contributed by atoms with Crippen LogP contribution < -0.4 is 0 Å². The van der Waals surface area contributed by atoms with E-state index in [1.165, 1.54) is 16.0 Å². The van der Waals surface area contributed by atoms with Crippen molar-refractivity contribution in [2.75, 3.05) is 0 Å². The van der Waals surface area contributed by atoms with Gasteiger partial charge in [-0.2, -0.15) is 0 Å². The van der Waals surface area contributed by atoms with E-state index in [0.29, 0.717) is 0 Å². The van der Waals surface area contributed by atoms with E-state index in [1.54, 1.807) is 11.8 Å². The van der Waals surface area contributed by atoms with Gasteiger partial charge in [0.15, 0.2) is 5.78 Å². The largest absolute Gasteiger partial charge is 0.293 e. The van der Waals surface area contributed by atoms with Gasteiger partial charge in [0, 0.05) is 10.5 Å². The van der Waals surface area contributed by atoms with Gasteiger partial charge in [-0.15, -0.1) is 11.8 Å². The van der Waals surface area contributed by atoms with Gasteiger partial charge in [-0.25, -0.2) is 0 Å². The predicted molar refractivity (Wildman–Crippen MR) is 86.6 cm³/mol. The minimum Gasteiger partial charge on any atom is -0.293 e. The van der Waals surface area contributed by atoms with Gasteiger partial charge in [0.05, 0.1) is 5.25 Å². The molecule has 0 N–H and O–H groups in total. The van der Waals surface area contributed by atoms with E-state index in [-0.39, 0.29) is 11.0 Å². The molecule has 0 radical (unpaired) electrons. The number of benzene rings is 2. The van der Waals surface area contributed by atoms with E-state index >= 15 is 0 Å². The number of carbonyl (C=O) groups excluding carboxylic acids is 1. The molecular weight excluding hydrogens is 264 g/mol. The summed E-state index contributed by atoms with van der Waals surface area (Å²) >= 11 is 1.68. The van der Waals surface area contributed by atoms with Crippen LogP contribution in [0.15, 0.2) is 53.4 Å². The highest BCUT2D eigenvalue weighted by molar-refractivity contribution is 8.00. The molecule has 0 aromatic heterocycles. The summed E-state index contributed by atoms with van der Waals surface area (Å²) < 4.78 is 0. The Balaban J connectivity index is 2.21. The summed E-state index contributed by atoms with van der Waals surface area (Å²) in [6.07, 6.45) is 0.839. The standard InChI is InChI=1S/C18H20OS/c1-4-16(18(19)15-8-6-5-7-9-15)20-17-12-13(2)10-11-14(17)3/h5-12,16H,4H2,1-3H3. The molecule has 1 unspecified atom stereocenters. The molecule has 0 aliphatic carbocycles. The lowest BCUT2D eigenvalue weighted by Crippen LogP contribution is -2.16. The Labute approximate surface area is 125 Å². The van der Waals surface area contributed by atoms with Gasteiger partial charge in [-0.3, -0.25) is 4.79 Å². The molecule has 0 aliphatic rings. The highest BCUT2D eigenvalue weighted by Gasteiger charge is 2.20. The van der Waals surface area contributed by atoms with E-state index < -0.39 is 0 Å². The highest BCUT2D eigenvalue weighted by atomic mass is 32.2. The number of Topliss-reactive ketones (excluding diaryl/α,β-unsaturated/α-hetero) is 1.